The Bertz CT molecular complexity index is 297. The standard InChI is InChI=1S/C12H20N2O2/c1-8-7-11(15)14(12(8)16)9(2)10-5-3-4-6-13-10/h8-10,13H,3-7H2,1-2H3. The number of nitrogens with one attached hydrogen (secondary N) is 1. The molecule has 0 aliphatic carbocycles. The van der Waals surface area contributed by atoms with E-state index in [0.29, 0.717) is 6.42 Å². The Labute approximate surface area is 96.4 Å². The summed E-state index contributed by atoms with van der Waals surface area (Å²) in [5.41, 5.74) is 0. The Morgan fingerprint density at radius 3 is 2.62 bits per heavy atom. The fraction of sp³-hybridized carbons (Fsp3) is 0.833. The molecule has 90 valence electrons. The molecule has 3 atom stereocenters. The minimum absolute atomic E-state index is 0.00243. The van der Waals surface area contributed by atoms with Gasteiger partial charge in [0.1, 0.15) is 0 Å². The van der Waals surface area contributed by atoms with E-state index in [4.69, 9.17) is 0 Å². The molecule has 0 aromatic carbocycles. The van der Waals surface area contributed by atoms with Crippen LogP contribution in [-0.4, -0.2) is 35.3 Å². The zero-order valence-electron chi connectivity index (χ0n) is 10.0. The SMILES string of the molecule is CC1CC(=O)N(C(C)C2CCCCN2)C1=O. The summed E-state index contributed by atoms with van der Waals surface area (Å²) in [4.78, 5) is 25.1. The van der Waals surface area contributed by atoms with Crippen LogP contribution in [0.3, 0.4) is 0 Å². The molecule has 4 nitrogen and oxygen atoms in total. The highest BCUT2D eigenvalue weighted by atomic mass is 16.2. The van der Waals surface area contributed by atoms with E-state index in [-0.39, 0.29) is 29.8 Å². The van der Waals surface area contributed by atoms with Gasteiger partial charge in [0.05, 0.1) is 6.04 Å². The summed E-state index contributed by atoms with van der Waals surface area (Å²) in [5, 5.41) is 3.41. The molecule has 0 spiro atoms. The number of imide groups is 1. The number of nitrogens with zero attached hydrogens (tertiary/aromatic N) is 1. The molecule has 16 heavy (non-hydrogen) atoms. The second-order valence-corrected chi connectivity index (χ2v) is 5.00. The van der Waals surface area contributed by atoms with Gasteiger partial charge in [0.15, 0.2) is 0 Å². The Balaban J connectivity index is 2.05. The van der Waals surface area contributed by atoms with Gasteiger partial charge in [0.2, 0.25) is 11.8 Å². The molecular weight excluding hydrogens is 204 g/mol. The van der Waals surface area contributed by atoms with E-state index >= 15 is 0 Å². The van der Waals surface area contributed by atoms with Crippen molar-refractivity contribution in [1.29, 1.82) is 0 Å². The lowest BCUT2D eigenvalue weighted by Gasteiger charge is -2.34. The van der Waals surface area contributed by atoms with Crippen molar-refractivity contribution in [2.24, 2.45) is 5.92 Å². The number of carbonyl (C=O) groups is 2. The molecule has 2 aliphatic heterocycles. The third-order valence-corrected chi connectivity index (χ3v) is 3.75. The van der Waals surface area contributed by atoms with Crippen LogP contribution in [0.1, 0.15) is 39.5 Å². The first-order valence-electron chi connectivity index (χ1n) is 6.20. The van der Waals surface area contributed by atoms with Gasteiger partial charge in [-0.1, -0.05) is 13.3 Å². The molecule has 2 saturated heterocycles. The van der Waals surface area contributed by atoms with Crippen molar-refractivity contribution < 1.29 is 9.59 Å². The molecule has 0 radical (unpaired) electrons. The molecule has 2 amide bonds. The summed E-state index contributed by atoms with van der Waals surface area (Å²) >= 11 is 0. The van der Waals surface area contributed by atoms with Crippen molar-refractivity contribution >= 4 is 11.8 Å². The van der Waals surface area contributed by atoms with Gasteiger partial charge in [-0.25, -0.2) is 0 Å². The van der Waals surface area contributed by atoms with Crippen molar-refractivity contribution in [1.82, 2.24) is 10.2 Å². The summed E-state index contributed by atoms with van der Waals surface area (Å²) < 4.78 is 0. The monoisotopic (exact) mass is 224 g/mol. The topological polar surface area (TPSA) is 49.4 Å². The second-order valence-electron chi connectivity index (χ2n) is 5.00. The van der Waals surface area contributed by atoms with E-state index in [1.807, 2.05) is 13.8 Å². The Morgan fingerprint density at radius 2 is 2.12 bits per heavy atom. The van der Waals surface area contributed by atoms with Crippen LogP contribution >= 0.6 is 0 Å². The molecule has 2 fully saturated rings. The molecule has 4 heteroatoms. The average Bonchev–Trinajstić information content (AvgIpc) is 2.54. The number of likely N-dealkylation sites (tertiary alicyclic amines) is 1. The highest BCUT2D eigenvalue weighted by Crippen LogP contribution is 2.24. The smallest absolute Gasteiger partial charge is 0.232 e. The maximum Gasteiger partial charge on any atom is 0.232 e. The van der Waals surface area contributed by atoms with E-state index < -0.39 is 0 Å². The van der Waals surface area contributed by atoms with Gasteiger partial charge in [-0.15, -0.1) is 0 Å². The van der Waals surface area contributed by atoms with Crippen LogP contribution in [0.2, 0.25) is 0 Å². The summed E-state index contributed by atoms with van der Waals surface area (Å²) in [6.45, 7) is 4.82. The van der Waals surface area contributed by atoms with Gasteiger partial charge in [-0.05, 0) is 26.3 Å². The first kappa shape index (κ1) is 11.6. The maximum atomic E-state index is 11.9. The lowest BCUT2D eigenvalue weighted by atomic mass is 9.98. The summed E-state index contributed by atoms with van der Waals surface area (Å²) in [6.07, 6.45) is 3.83. The number of rotatable bonds is 2. The first-order chi connectivity index (χ1) is 7.61. The summed E-state index contributed by atoms with van der Waals surface area (Å²) in [7, 11) is 0. The minimum Gasteiger partial charge on any atom is -0.312 e. The van der Waals surface area contributed by atoms with Crippen molar-refractivity contribution in [3.8, 4) is 0 Å². The van der Waals surface area contributed by atoms with Gasteiger partial charge in [-0.2, -0.15) is 0 Å². The molecule has 3 unspecified atom stereocenters. The Morgan fingerprint density at radius 1 is 1.38 bits per heavy atom. The molecule has 1 N–H and O–H groups in total. The zero-order valence-corrected chi connectivity index (χ0v) is 10.0. The Kier molecular flexibility index (Phi) is 3.28. The molecule has 2 heterocycles. The van der Waals surface area contributed by atoms with Crippen LogP contribution in [0.5, 0.6) is 0 Å². The third kappa shape index (κ3) is 1.98. The predicted octanol–water partition coefficient (Wildman–Crippen LogP) is 0.912. The summed E-state index contributed by atoms with van der Waals surface area (Å²) in [6, 6.07) is 0.289. The molecule has 2 rings (SSSR count). The number of hydrogen-bond donors (Lipinski definition) is 1. The number of carbonyl (C=O) groups excluding carboxylic acids is 2. The van der Waals surface area contributed by atoms with Crippen LogP contribution < -0.4 is 5.32 Å². The van der Waals surface area contributed by atoms with Gasteiger partial charge >= 0.3 is 0 Å². The lowest BCUT2D eigenvalue weighted by Crippen LogP contribution is -2.52. The predicted molar refractivity (Wildman–Crippen MR) is 60.7 cm³/mol. The molecule has 0 bridgehead atoms. The maximum absolute atomic E-state index is 11.9. The molecule has 0 aromatic heterocycles. The van der Waals surface area contributed by atoms with E-state index in [0.717, 1.165) is 13.0 Å². The first-order valence-corrected chi connectivity index (χ1v) is 6.20. The second kappa shape index (κ2) is 4.53. The van der Waals surface area contributed by atoms with E-state index in [2.05, 4.69) is 5.32 Å². The highest BCUT2D eigenvalue weighted by Gasteiger charge is 2.40. The average molecular weight is 224 g/mol. The van der Waals surface area contributed by atoms with Crippen LogP contribution in [0.25, 0.3) is 0 Å². The largest absolute Gasteiger partial charge is 0.312 e. The number of piperidine rings is 1. The van der Waals surface area contributed by atoms with Crippen molar-refractivity contribution in [3.05, 3.63) is 0 Å². The van der Waals surface area contributed by atoms with Crippen molar-refractivity contribution in [2.75, 3.05) is 6.54 Å². The van der Waals surface area contributed by atoms with E-state index in [1.165, 1.54) is 17.7 Å². The van der Waals surface area contributed by atoms with Gasteiger partial charge in [0, 0.05) is 18.4 Å². The third-order valence-electron chi connectivity index (χ3n) is 3.75. The van der Waals surface area contributed by atoms with Crippen LogP contribution in [-0.2, 0) is 9.59 Å². The minimum atomic E-state index is -0.126. The normalized spacial score (nSPS) is 33.2. The van der Waals surface area contributed by atoms with Crippen LogP contribution in [0.15, 0.2) is 0 Å². The molecule has 2 aliphatic rings. The van der Waals surface area contributed by atoms with Gasteiger partial charge in [-0.3, -0.25) is 14.5 Å². The molecular formula is C12H20N2O2. The number of amides is 2. The van der Waals surface area contributed by atoms with E-state index in [1.54, 1.807) is 0 Å². The van der Waals surface area contributed by atoms with Crippen molar-refractivity contribution in [3.63, 3.8) is 0 Å². The number of hydrogen-bond acceptors (Lipinski definition) is 3. The van der Waals surface area contributed by atoms with Crippen molar-refractivity contribution in [2.45, 2.75) is 51.6 Å². The van der Waals surface area contributed by atoms with Gasteiger partial charge < -0.3 is 5.32 Å². The molecule has 0 saturated carbocycles. The van der Waals surface area contributed by atoms with E-state index in [9.17, 15) is 9.59 Å². The fourth-order valence-corrected chi connectivity index (χ4v) is 2.71. The van der Waals surface area contributed by atoms with Crippen LogP contribution in [0.4, 0.5) is 0 Å². The summed E-state index contributed by atoms with van der Waals surface area (Å²) in [5.74, 6) is -0.124. The quantitative estimate of drug-likeness (QED) is 0.709. The molecule has 0 aromatic rings. The van der Waals surface area contributed by atoms with Crippen LogP contribution in [0, 0.1) is 5.92 Å². The fourth-order valence-electron chi connectivity index (χ4n) is 2.71. The Hall–Kier alpha value is -0.900. The van der Waals surface area contributed by atoms with Gasteiger partial charge in [0.25, 0.3) is 0 Å². The highest BCUT2D eigenvalue weighted by molar-refractivity contribution is 6.03. The zero-order chi connectivity index (χ0) is 11.7. The lowest BCUT2D eigenvalue weighted by molar-refractivity contribution is -0.142.